The van der Waals surface area contributed by atoms with Gasteiger partial charge in [-0.1, -0.05) is 24.3 Å². The molecular weight excluding hydrogens is 234 g/mol. The van der Waals surface area contributed by atoms with Crippen molar-refractivity contribution >= 4 is 21.8 Å². The highest BCUT2D eigenvalue weighted by Gasteiger charge is 2.19. The molecule has 0 unspecified atom stereocenters. The molecule has 2 heteroatoms. The maximum Gasteiger partial charge on any atom is 0.197 e. The van der Waals surface area contributed by atoms with Crippen molar-refractivity contribution in [2.24, 2.45) is 0 Å². The van der Waals surface area contributed by atoms with Gasteiger partial charge in [-0.2, -0.15) is 0 Å². The number of hydrogen-bond acceptors (Lipinski definition) is 1. The van der Waals surface area contributed by atoms with E-state index >= 15 is 0 Å². The monoisotopic (exact) mass is 251 g/mol. The molecule has 0 amide bonds. The molecule has 0 saturated carbocycles. The van der Waals surface area contributed by atoms with Crippen molar-refractivity contribution in [3.05, 3.63) is 58.8 Å². The SMILES string of the molecule is CC(C)(C)n1c2ccccc2c(=O)c2ccccc21. The molecule has 0 radical (unpaired) electrons. The van der Waals surface area contributed by atoms with Crippen LogP contribution in [0.5, 0.6) is 0 Å². The number of benzene rings is 2. The summed E-state index contributed by atoms with van der Waals surface area (Å²) in [6, 6.07) is 15.7. The summed E-state index contributed by atoms with van der Waals surface area (Å²) in [5.74, 6) is 0. The molecule has 0 aliphatic rings. The van der Waals surface area contributed by atoms with Gasteiger partial charge in [0.1, 0.15) is 0 Å². The van der Waals surface area contributed by atoms with Crippen LogP contribution in [0, 0.1) is 0 Å². The highest BCUT2D eigenvalue weighted by atomic mass is 16.1. The van der Waals surface area contributed by atoms with Crippen LogP contribution < -0.4 is 5.43 Å². The molecule has 1 heterocycles. The van der Waals surface area contributed by atoms with Crippen LogP contribution in [0.2, 0.25) is 0 Å². The summed E-state index contributed by atoms with van der Waals surface area (Å²) in [6.07, 6.45) is 0. The number of pyridine rings is 1. The average Bonchev–Trinajstić information content (AvgIpc) is 2.38. The van der Waals surface area contributed by atoms with Gasteiger partial charge >= 0.3 is 0 Å². The van der Waals surface area contributed by atoms with Crippen molar-refractivity contribution in [1.29, 1.82) is 0 Å². The van der Waals surface area contributed by atoms with E-state index in [1.807, 2.05) is 48.5 Å². The number of rotatable bonds is 0. The lowest BCUT2D eigenvalue weighted by Gasteiger charge is -2.28. The Kier molecular flexibility index (Phi) is 2.49. The van der Waals surface area contributed by atoms with Crippen LogP contribution in [0.1, 0.15) is 20.8 Å². The van der Waals surface area contributed by atoms with Gasteiger partial charge in [0, 0.05) is 16.3 Å². The molecule has 0 saturated heterocycles. The number of para-hydroxylation sites is 2. The molecule has 2 nitrogen and oxygen atoms in total. The third-order valence-corrected chi connectivity index (χ3v) is 3.45. The summed E-state index contributed by atoms with van der Waals surface area (Å²) < 4.78 is 2.25. The molecule has 0 aliphatic heterocycles. The highest BCUT2D eigenvalue weighted by Crippen LogP contribution is 2.26. The zero-order chi connectivity index (χ0) is 13.6. The number of fused-ring (bicyclic) bond motifs is 2. The zero-order valence-electron chi connectivity index (χ0n) is 11.5. The number of nitrogens with zero attached hydrogens (tertiary/aromatic N) is 1. The van der Waals surface area contributed by atoms with E-state index in [1.54, 1.807) is 0 Å². The summed E-state index contributed by atoms with van der Waals surface area (Å²) in [5.41, 5.74) is 2.04. The van der Waals surface area contributed by atoms with E-state index in [-0.39, 0.29) is 11.0 Å². The molecule has 3 aromatic rings. The Morgan fingerprint density at radius 1 is 0.789 bits per heavy atom. The molecule has 1 aromatic heterocycles. The Labute approximate surface area is 112 Å². The van der Waals surface area contributed by atoms with E-state index in [4.69, 9.17) is 0 Å². The summed E-state index contributed by atoms with van der Waals surface area (Å²) >= 11 is 0. The Morgan fingerprint density at radius 3 is 1.63 bits per heavy atom. The predicted molar refractivity (Wildman–Crippen MR) is 80.7 cm³/mol. The molecule has 3 rings (SSSR count). The summed E-state index contributed by atoms with van der Waals surface area (Å²) in [5, 5.41) is 1.58. The molecule has 0 atom stereocenters. The Balaban J connectivity index is 2.69. The predicted octanol–water partition coefficient (Wildman–Crippen LogP) is 3.91. The van der Waals surface area contributed by atoms with Gasteiger partial charge in [0.25, 0.3) is 0 Å². The molecule has 0 spiro atoms. The Hall–Kier alpha value is -2.09. The van der Waals surface area contributed by atoms with Gasteiger partial charge in [0.2, 0.25) is 0 Å². The third-order valence-electron chi connectivity index (χ3n) is 3.45. The van der Waals surface area contributed by atoms with Crippen LogP contribution in [-0.4, -0.2) is 4.57 Å². The van der Waals surface area contributed by atoms with Gasteiger partial charge in [-0.15, -0.1) is 0 Å². The van der Waals surface area contributed by atoms with Crippen molar-refractivity contribution in [2.75, 3.05) is 0 Å². The molecule has 0 bridgehead atoms. The minimum absolute atomic E-state index is 0.0765. The van der Waals surface area contributed by atoms with E-state index in [2.05, 4.69) is 25.3 Å². The normalized spacial score (nSPS) is 12.2. The maximum atomic E-state index is 12.6. The minimum Gasteiger partial charge on any atom is -0.335 e. The van der Waals surface area contributed by atoms with Crippen molar-refractivity contribution in [3.63, 3.8) is 0 Å². The lowest BCUT2D eigenvalue weighted by molar-refractivity contribution is 0.421. The zero-order valence-corrected chi connectivity index (χ0v) is 11.5. The van der Waals surface area contributed by atoms with Crippen LogP contribution in [0.25, 0.3) is 21.8 Å². The summed E-state index contributed by atoms with van der Waals surface area (Å²) in [4.78, 5) is 12.6. The topological polar surface area (TPSA) is 22.0 Å². The van der Waals surface area contributed by atoms with Crippen LogP contribution in [-0.2, 0) is 5.54 Å². The van der Waals surface area contributed by atoms with E-state index in [0.29, 0.717) is 0 Å². The molecule has 0 aliphatic carbocycles. The van der Waals surface area contributed by atoms with Gasteiger partial charge in [0.05, 0.1) is 11.0 Å². The van der Waals surface area contributed by atoms with E-state index in [0.717, 1.165) is 21.8 Å². The molecule has 19 heavy (non-hydrogen) atoms. The van der Waals surface area contributed by atoms with E-state index < -0.39 is 0 Å². The fourth-order valence-electron chi connectivity index (χ4n) is 2.72. The first-order valence-corrected chi connectivity index (χ1v) is 6.53. The first kappa shape index (κ1) is 12.0. The van der Waals surface area contributed by atoms with Crippen molar-refractivity contribution in [3.8, 4) is 0 Å². The van der Waals surface area contributed by atoms with Gasteiger partial charge in [0.15, 0.2) is 5.43 Å². The standard InChI is InChI=1S/C17H17NO/c1-17(2,3)18-14-10-6-4-8-12(14)16(19)13-9-5-7-11-15(13)18/h4-11H,1-3H3. The van der Waals surface area contributed by atoms with E-state index in [9.17, 15) is 4.79 Å². The van der Waals surface area contributed by atoms with Gasteiger partial charge in [-0.3, -0.25) is 4.79 Å². The number of aromatic nitrogens is 1. The van der Waals surface area contributed by atoms with Crippen LogP contribution in [0.3, 0.4) is 0 Å². The van der Waals surface area contributed by atoms with Crippen molar-refractivity contribution in [2.45, 2.75) is 26.3 Å². The molecular formula is C17H17NO. The fraction of sp³-hybridized carbons (Fsp3) is 0.235. The van der Waals surface area contributed by atoms with Crippen molar-refractivity contribution < 1.29 is 0 Å². The Morgan fingerprint density at radius 2 is 1.21 bits per heavy atom. The first-order valence-electron chi connectivity index (χ1n) is 6.53. The lowest BCUT2D eigenvalue weighted by Crippen LogP contribution is -2.25. The lowest BCUT2D eigenvalue weighted by atomic mass is 10.0. The second-order valence-corrected chi connectivity index (χ2v) is 5.87. The van der Waals surface area contributed by atoms with Gasteiger partial charge in [-0.05, 0) is 45.0 Å². The molecule has 96 valence electrons. The quantitative estimate of drug-likeness (QED) is 0.555. The Bertz CT molecular complexity index is 762. The number of hydrogen-bond donors (Lipinski definition) is 0. The first-order chi connectivity index (χ1) is 9.00. The third kappa shape index (κ3) is 1.75. The maximum absolute atomic E-state index is 12.6. The van der Waals surface area contributed by atoms with Crippen LogP contribution >= 0.6 is 0 Å². The molecule has 0 fully saturated rings. The summed E-state index contributed by atoms with van der Waals surface area (Å²) in [7, 11) is 0. The van der Waals surface area contributed by atoms with E-state index in [1.165, 1.54) is 0 Å². The second-order valence-electron chi connectivity index (χ2n) is 5.87. The van der Waals surface area contributed by atoms with Crippen LogP contribution in [0.15, 0.2) is 53.3 Å². The summed E-state index contributed by atoms with van der Waals surface area (Å²) in [6.45, 7) is 6.49. The largest absolute Gasteiger partial charge is 0.335 e. The average molecular weight is 251 g/mol. The van der Waals surface area contributed by atoms with Crippen LogP contribution in [0.4, 0.5) is 0 Å². The smallest absolute Gasteiger partial charge is 0.197 e. The van der Waals surface area contributed by atoms with Gasteiger partial charge in [-0.25, -0.2) is 0 Å². The fourth-order valence-corrected chi connectivity index (χ4v) is 2.72. The highest BCUT2D eigenvalue weighted by molar-refractivity contribution is 5.93. The van der Waals surface area contributed by atoms with Gasteiger partial charge < -0.3 is 4.57 Å². The molecule has 0 N–H and O–H groups in total. The second kappa shape index (κ2) is 3.95. The van der Waals surface area contributed by atoms with Crippen molar-refractivity contribution in [1.82, 2.24) is 4.57 Å². The minimum atomic E-state index is -0.0765. The molecule has 2 aromatic carbocycles.